The van der Waals surface area contributed by atoms with Gasteiger partial charge in [-0.1, -0.05) is 27.7 Å². The first-order chi connectivity index (χ1) is 4.66. The van der Waals surface area contributed by atoms with Crippen LogP contribution in [-0.4, -0.2) is 11.8 Å². The zero-order valence-corrected chi connectivity index (χ0v) is 8.78. The van der Waals surface area contributed by atoms with Gasteiger partial charge < -0.3 is 0 Å². The molecular formula is C9H21P. The van der Waals surface area contributed by atoms with E-state index in [1.165, 1.54) is 27.6 Å². The Morgan fingerprint density at radius 1 is 1.20 bits per heavy atom. The molecule has 0 saturated carbocycles. The maximum absolute atomic E-state index is 2.36. The molecule has 0 aromatic carbocycles. The van der Waals surface area contributed by atoms with E-state index in [1.54, 1.807) is 0 Å². The summed E-state index contributed by atoms with van der Waals surface area (Å²) in [4.78, 5) is 0. The highest BCUT2D eigenvalue weighted by molar-refractivity contribution is 7.38. The van der Waals surface area contributed by atoms with Gasteiger partial charge >= 0.3 is 0 Å². The summed E-state index contributed by atoms with van der Waals surface area (Å²) >= 11 is 0. The smallest absolute Gasteiger partial charge is 0.0268 e. The normalized spacial score (nSPS) is 15.3. The summed E-state index contributed by atoms with van der Waals surface area (Å²) in [6, 6.07) is 0. The first-order valence-electron chi connectivity index (χ1n) is 4.40. The van der Waals surface area contributed by atoms with E-state index in [4.69, 9.17) is 0 Å². The van der Waals surface area contributed by atoms with Crippen LogP contribution in [0.2, 0.25) is 0 Å². The van der Waals surface area contributed by atoms with Crippen molar-refractivity contribution in [1.29, 1.82) is 0 Å². The van der Waals surface area contributed by atoms with Crippen molar-refractivity contribution in [3.8, 4) is 0 Å². The van der Waals surface area contributed by atoms with Crippen LogP contribution in [0.25, 0.3) is 0 Å². The SMILES string of the molecule is CCC(C)PCCC(C)C. The van der Waals surface area contributed by atoms with Gasteiger partial charge in [0.15, 0.2) is 0 Å². The molecule has 1 heteroatoms. The van der Waals surface area contributed by atoms with Gasteiger partial charge in [0, 0.05) is 0 Å². The van der Waals surface area contributed by atoms with Crippen LogP contribution in [0.3, 0.4) is 0 Å². The largest absolute Gasteiger partial charge is 0.119 e. The lowest BCUT2D eigenvalue weighted by molar-refractivity contribution is 0.629. The summed E-state index contributed by atoms with van der Waals surface area (Å²) < 4.78 is 0. The maximum Gasteiger partial charge on any atom is -0.0268 e. The van der Waals surface area contributed by atoms with E-state index in [1.807, 2.05) is 0 Å². The van der Waals surface area contributed by atoms with Crippen molar-refractivity contribution in [2.45, 2.75) is 46.2 Å². The van der Waals surface area contributed by atoms with Crippen LogP contribution in [0.5, 0.6) is 0 Å². The fraction of sp³-hybridized carbons (Fsp3) is 1.00. The van der Waals surface area contributed by atoms with Crippen molar-refractivity contribution >= 4 is 8.58 Å². The molecule has 0 N–H and O–H groups in total. The molecule has 0 radical (unpaired) electrons. The Kier molecular flexibility index (Phi) is 6.43. The molecule has 2 atom stereocenters. The van der Waals surface area contributed by atoms with Gasteiger partial charge in [-0.25, -0.2) is 0 Å². The third-order valence-electron chi connectivity index (χ3n) is 1.83. The Bertz CT molecular complexity index is 69.1. The van der Waals surface area contributed by atoms with E-state index in [2.05, 4.69) is 27.7 Å². The molecule has 0 fully saturated rings. The van der Waals surface area contributed by atoms with Crippen molar-refractivity contribution in [1.82, 2.24) is 0 Å². The molecule has 0 aromatic heterocycles. The van der Waals surface area contributed by atoms with E-state index in [9.17, 15) is 0 Å². The van der Waals surface area contributed by atoms with Crippen LogP contribution < -0.4 is 0 Å². The van der Waals surface area contributed by atoms with Crippen LogP contribution >= 0.6 is 8.58 Å². The molecule has 0 aliphatic heterocycles. The van der Waals surface area contributed by atoms with Crippen LogP contribution in [0.4, 0.5) is 0 Å². The Labute approximate surface area is 67.6 Å². The zero-order chi connectivity index (χ0) is 7.98. The second-order valence-electron chi connectivity index (χ2n) is 3.45. The Morgan fingerprint density at radius 2 is 1.80 bits per heavy atom. The Hall–Kier alpha value is 0.430. The molecule has 2 unspecified atom stereocenters. The van der Waals surface area contributed by atoms with Crippen LogP contribution in [0, 0.1) is 5.92 Å². The van der Waals surface area contributed by atoms with E-state index >= 15 is 0 Å². The summed E-state index contributed by atoms with van der Waals surface area (Å²) in [7, 11) is 1.20. The predicted octanol–water partition coefficient (Wildman–Crippen LogP) is 3.51. The zero-order valence-electron chi connectivity index (χ0n) is 7.78. The lowest BCUT2D eigenvalue weighted by Gasteiger charge is -2.09. The Balaban J connectivity index is 3.03. The van der Waals surface area contributed by atoms with Crippen LogP contribution in [0.1, 0.15) is 40.5 Å². The highest BCUT2D eigenvalue weighted by Gasteiger charge is 1.98. The van der Waals surface area contributed by atoms with E-state index in [-0.39, 0.29) is 0 Å². The minimum Gasteiger partial charge on any atom is -0.119 e. The van der Waals surface area contributed by atoms with Crippen molar-refractivity contribution in [3.05, 3.63) is 0 Å². The average Bonchev–Trinajstić information content (AvgIpc) is 1.87. The fourth-order valence-corrected chi connectivity index (χ4v) is 2.29. The van der Waals surface area contributed by atoms with Gasteiger partial charge in [0.1, 0.15) is 0 Å². The predicted molar refractivity (Wildman–Crippen MR) is 52.4 cm³/mol. The van der Waals surface area contributed by atoms with Crippen molar-refractivity contribution in [2.75, 3.05) is 6.16 Å². The number of hydrogen-bond donors (Lipinski definition) is 0. The highest BCUT2D eigenvalue weighted by Crippen LogP contribution is 2.23. The lowest BCUT2D eigenvalue weighted by Crippen LogP contribution is -1.94. The summed E-state index contributed by atoms with van der Waals surface area (Å²) in [5.41, 5.74) is 0.971. The van der Waals surface area contributed by atoms with Crippen LogP contribution in [0.15, 0.2) is 0 Å². The fourth-order valence-electron chi connectivity index (χ4n) is 0.763. The van der Waals surface area contributed by atoms with E-state index < -0.39 is 0 Å². The summed E-state index contributed by atoms with van der Waals surface area (Å²) in [6.07, 6.45) is 4.23. The second-order valence-corrected chi connectivity index (χ2v) is 5.34. The molecule has 62 valence electrons. The molecule has 0 saturated heterocycles. The Morgan fingerprint density at radius 3 is 2.20 bits per heavy atom. The third kappa shape index (κ3) is 6.55. The number of rotatable bonds is 5. The molecule has 0 aliphatic rings. The van der Waals surface area contributed by atoms with Gasteiger partial charge in [0.25, 0.3) is 0 Å². The van der Waals surface area contributed by atoms with E-state index in [0.717, 1.165) is 11.6 Å². The molecule has 0 spiro atoms. The van der Waals surface area contributed by atoms with E-state index in [0.29, 0.717) is 0 Å². The lowest BCUT2D eigenvalue weighted by atomic mass is 10.2. The molecular weight excluding hydrogens is 139 g/mol. The van der Waals surface area contributed by atoms with Crippen molar-refractivity contribution in [2.24, 2.45) is 5.92 Å². The monoisotopic (exact) mass is 160 g/mol. The molecule has 10 heavy (non-hydrogen) atoms. The quantitative estimate of drug-likeness (QED) is 0.540. The minimum atomic E-state index is 0.900. The summed E-state index contributed by atoms with van der Waals surface area (Å²) in [6.45, 7) is 9.26. The van der Waals surface area contributed by atoms with Crippen molar-refractivity contribution in [3.63, 3.8) is 0 Å². The van der Waals surface area contributed by atoms with Gasteiger partial charge in [-0.15, -0.1) is 8.58 Å². The van der Waals surface area contributed by atoms with Gasteiger partial charge in [-0.2, -0.15) is 0 Å². The molecule has 0 nitrogen and oxygen atoms in total. The van der Waals surface area contributed by atoms with Gasteiger partial charge in [0.05, 0.1) is 0 Å². The average molecular weight is 160 g/mol. The first kappa shape index (κ1) is 10.4. The third-order valence-corrected chi connectivity index (χ3v) is 3.51. The number of hydrogen-bond acceptors (Lipinski definition) is 0. The minimum absolute atomic E-state index is 0.900. The van der Waals surface area contributed by atoms with Gasteiger partial charge in [-0.05, 0) is 30.6 Å². The molecule has 0 rings (SSSR count). The molecule has 0 aliphatic carbocycles. The summed E-state index contributed by atoms with van der Waals surface area (Å²) in [5, 5.41) is 0. The molecule has 0 heterocycles. The van der Waals surface area contributed by atoms with Gasteiger partial charge in [-0.3, -0.25) is 0 Å². The second kappa shape index (κ2) is 6.16. The maximum atomic E-state index is 2.36. The first-order valence-corrected chi connectivity index (χ1v) is 5.68. The topological polar surface area (TPSA) is 0 Å². The van der Waals surface area contributed by atoms with Gasteiger partial charge in [0.2, 0.25) is 0 Å². The molecule has 0 amide bonds. The molecule has 0 bridgehead atoms. The van der Waals surface area contributed by atoms with Crippen LogP contribution in [-0.2, 0) is 0 Å². The highest BCUT2D eigenvalue weighted by atomic mass is 31.1. The van der Waals surface area contributed by atoms with Crippen molar-refractivity contribution < 1.29 is 0 Å². The summed E-state index contributed by atoms with van der Waals surface area (Å²) in [5.74, 6) is 0.900. The molecule has 0 aromatic rings. The standard InChI is InChI=1S/C9H21P/c1-5-9(4)10-7-6-8(2)3/h8-10H,5-7H2,1-4H3.